The second-order valence-electron chi connectivity index (χ2n) is 5.87. The Kier molecular flexibility index (Phi) is 5.45. The van der Waals surface area contributed by atoms with E-state index in [0.717, 1.165) is 16.8 Å². The van der Waals surface area contributed by atoms with Crippen molar-refractivity contribution in [3.05, 3.63) is 83.4 Å². The molecule has 0 aliphatic carbocycles. The van der Waals surface area contributed by atoms with Crippen molar-refractivity contribution in [1.82, 2.24) is 14.9 Å². The molecule has 1 aliphatic rings. The van der Waals surface area contributed by atoms with Gasteiger partial charge in [-0.05, 0) is 35.5 Å². The number of benzene rings is 1. The highest BCUT2D eigenvalue weighted by Crippen LogP contribution is 2.35. The van der Waals surface area contributed by atoms with E-state index in [1.54, 1.807) is 23.4 Å². The van der Waals surface area contributed by atoms with Crippen molar-refractivity contribution >= 4 is 45.4 Å². The number of pyridine rings is 1. The lowest BCUT2D eigenvalue weighted by Crippen LogP contribution is -2.29. The van der Waals surface area contributed by atoms with Crippen LogP contribution in [0.2, 0.25) is 0 Å². The number of aromatic nitrogens is 2. The second kappa shape index (κ2) is 8.33. The number of thioether (sulfide) groups is 1. The van der Waals surface area contributed by atoms with E-state index in [0.29, 0.717) is 21.7 Å². The highest BCUT2D eigenvalue weighted by molar-refractivity contribution is 8.18. The predicted octanol–water partition coefficient (Wildman–Crippen LogP) is 5.00. The number of nitrogens with zero attached hydrogens (tertiary/aromatic N) is 4. The third kappa shape index (κ3) is 3.95. The molecule has 0 radical (unpaired) electrons. The van der Waals surface area contributed by atoms with Crippen LogP contribution in [0.1, 0.15) is 5.56 Å². The second-order valence-corrected chi connectivity index (χ2v) is 7.72. The van der Waals surface area contributed by atoms with Gasteiger partial charge in [-0.3, -0.25) is 14.7 Å². The Morgan fingerprint density at radius 1 is 1.14 bits per heavy atom. The minimum atomic E-state index is -0.0831. The summed E-state index contributed by atoms with van der Waals surface area (Å²) in [5.74, 6) is -0.0831. The number of thiazole rings is 1. The van der Waals surface area contributed by atoms with Gasteiger partial charge in [0.1, 0.15) is 0 Å². The summed E-state index contributed by atoms with van der Waals surface area (Å²) in [5.41, 5.74) is 2.84. The van der Waals surface area contributed by atoms with Crippen molar-refractivity contribution in [2.24, 2.45) is 4.99 Å². The first-order chi connectivity index (χ1) is 13.7. The van der Waals surface area contributed by atoms with Crippen molar-refractivity contribution in [1.29, 1.82) is 0 Å². The molecule has 0 unspecified atom stereocenters. The lowest BCUT2D eigenvalue weighted by atomic mass is 10.2. The maximum Gasteiger partial charge on any atom is 0.267 e. The summed E-state index contributed by atoms with van der Waals surface area (Å²) in [6.45, 7) is 4.15. The van der Waals surface area contributed by atoms with Gasteiger partial charge in [-0.2, -0.15) is 4.99 Å². The van der Waals surface area contributed by atoms with Crippen LogP contribution in [-0.4, -0.2) is 32.5 Å². The third-order valence-corrected chi connectivity index (χ3v) is 5.70. The highest BCUT2D eigenvalue weighted by atomic mass is 32.2. The molecule has 1 aromatic carbocycles. The summed E-state index contributed by atoms with van der Waals surface area (Å²) < 4.78 is 0. The number of carbonyl (C=O) groups excluding carboxylic acids is 1. The quantitative estimate of drug-likeness (QED) is 0.444. The van der Waals surface area contributed by atoms with Crippen LogP contribution in [0.5, 0.6) is 0 Å². The zero-order chi connectivity index (χ0) is 19.3. The Morgan fingerprint density at radius 3 is 2.68 bits per heavy atom. The average Bonchev–Trinajstić information content (AvgIpc) is 3.31. The van der Waals surface area contributed by atoms with Gasteiger partial charge in [0.25, 0.3) is 5.91 Å². The molecule has 0 atom stereocenters. The van der Waals surface area contributed by atoms with E-state index in [1.165, 1.54) is 23.1 Å². The topological polar surface area (TPSA) is 58.5 Å². The molecule has 3 heterocycles. The Hall–Kier alpha value is -3.03. The largest absolute Gasteiger partial charge is 0.282 e. The summed E-state index contributed by atoms with van der Waals surface area (Å²) in [4.78, 5) is 28.3. The molecule has 0 saturated carbocycles. The number of amides is 1. The third-order valence-electron chi connectivity index (χ3n) is 3.96. The molecule has 3 aromatic rings. The van der Waals surface area contributed by atoms with Crippen molar-refractivity contribution in [3.8, 4) is 11.3 Å². The lowest BCUT2D eigenvalue weighted by Gasteiger charge is -2.11. The van der Waals surface area contributed by atoms with Crippen LogP contribution in [0.4, 0.5) is 5.13 Å². The van der Waals surface area contributed by atoms with Gasteiger partial charge in [0.2, 0.25) is 5.13 Å². The molecule has 0 spiro atoms. The van der Waals surface area contributed by atoms with Crippen molar-refractivity contribution in [2.75, 3.05) is 6.54 Å². The summed E-state index contributed by atoms with van der Waals surface area (Å²) in [6, 6.07) is 13.7. The Bertz CT molecular complexity index is 1060. The summed E-state index contributed by atoms with van der Waals surface area (Å²) in [7, 11) is 0. The zero-order valence-corrected chi connectivity index (χ0v) is 16.5. The number of carbonyl (C=O) groups is 1. The maximum atomic E-state index is 12.8. The number of aliphatic imine (C=N–C) groups is 1. The molecular weight excluding hydrogens is 388 g/mol. The zero-order valence-electron chi connectivity index (χ0n) is 14.9. The molecule has 5 nitrogen and oxygen atoms in total. The monoisotopic (exact) mass is 404 g/mol. The van der Waals surface area contributed by atoms with Gasteiger partial charge >= 0.3 is 0 Å². The Balaban J connectivity index is 1.64. The van der Waals surface area contributed by atoms with Crippen molar-refractivity contribution in [3.63, 3.8) is 0 Å². The van der Waals surface area contributed by atoms with E-state index in [1.807, 2.05) is 53.9 Å². The summed E-state index contributed by atoms with van der Waals surface area (Å²) in [5, 5.41) is 3.20. The van der Waals surface area contributed by atoms with Gasteiger partial charge in [0, 0.05) is 29.9 Å². The SMILES string of the molecule is C=CCN1C(=O)/C(=C/c2ccncc2)S/C1=N/c1nc(-c2ccccc2)cs1. The van der Waals surface area contributed by atoms with Gasteiger partial charge in [-0.15, -0.1) is 17.9 Å². The normalized spacial score (nSPS) is 16.9. The van der Waals surface area contributed by atoms with Crippen LogP contribution in [0.15, 0.2) is 82.8 Å². The minimum Gasteiger partial charge on any atom is -0.282 e. The maximum absolute atomic E-state index is 12.8. The van der Waals surface area contributed by atoms with Gasteiger partial charge in [0.15, 0.2) is 5.17 Å². The van der Waals surface area contributed by atoms with E-state index in [4.69, 9.17) is 0 Å². The van der Waals surface area contributed by atoms with Crippen molar-refractivity contribution < 1.29 is 4.79 Å². The Labute approximate surface area is 171 Å². The van der Waals surface area contributed by atoms with Crippen LogP contribution in [0.3, 0.4) is 0 Å². The first-order valence-electron chi connectivity index (χ1n) is 8.56. The highest BCUT2D eigenvalue weighted by Gasteiger charge is 2.32. The molecule has 1 saturated heterocycles. The van der Waals surface area contributed by atoms with Gasteiger partial charge in [-0.1, -0.05) is 36.4 Å². The van der Waals surface area contributed by atoms with Gasteiger partial charge in [-0.25, -0.2) is 4.98 Å². The average molecular weight is 405 g/mol. The molecule has 0 bridgehead atoms. The molecular formula is C21H16N4OS2. The molecule has 2 aromatic heterocycles. The van der Waals surface area contributed by atoms with Gasteiger partial charge < -0.3 is 0 Å². The molecule has 1 amide bonds. The van der Waals surface area contributed by atoms with Gasteiger partial charge in [0.05, 0.1) is 10.6 Å². The molecule has 4 rings (SSSR count). The minimum absolute atomic E-state index is 0.0831. The van der Waals surface area contributed by atoms with E-state index in [9.17, 15) is 4.79 Å². The summed E-state index contributed by atoms with van der Waals surface area (Å²) in [6.07, 6.45) is 6.95. The van der Waals surface area contributed by atoms with Crippen LogP contribution < -0.4 is 0 Å². The van der Waals surface area contributed by atoms with E-state index in [2.05, 4.69) is 21.5 Å². The number of hydrogen-bond donors (Lipinski definition) is 0. The first-order valence-corrected chi connectivity index (χ1v) is 10.3. The molecule has 7 heteroatoms. The molecule has 138 valence electrons. The smallest absolute Gasteiger partial charge is 0.267 e. The lowest BCUT2D eigenvalue weighted by molar-refractivity contribution is -0.121. The van der Waals surface area contributed by atoms with E-state index in [-0.39, 0.29) is 5.91 Å². The molecule has 28 heavy (non-hydrogen) atoms. The fourth-order valence-electron chi connectivity index (χ4n) is 2.63. The summed E-state index contributed by atoms with van der Waals surface area (Å²) >= 11 is 2.80. The number of amidine groups is 1. The predicted molar refractivity (Wildman–Crippen MR) is 116 cm³/mol. The standard InChI is InChI=1S/C21H16N4OS2/c1-2-12-25-19(26)18(13-15-8-10-22-11-9-15)28-21(25)24-20-23-17(14-27-20)16-6-4-3-5-7-16/h2-11,13-14H,1,12H2/b18-13-,24-21+. The fraction of sp³-hybridized carbons (Fsp3) is 0.0476. The van der Waals surface area contributed by atoms with Crippen LogP contribution in [0, 0.1) is 0 Å². The van der Waals surface area contributed by atoms with Crippen LogP contribution in [0.25, 0.3) is 17.3 Å². The molecule has 1 fully saturated rings. The van der Waals surface area contributed by atoms with Crippen molar-refractivity contribution in [2.45, 2.75) is 0 Å². The fourth-order valence-corrected chi connectivity index (χ4v) is 4.37. The van der Waals surface area contributed by atoms with E-state index < -0.39 is 0 Å². The number of rotatable bonds is 5. The van der Waals surface area contributed by atoms with Crippen LogP contribution >= 0.6 is 23.1 Å². The first kappa shape index (κ1) is 18.3. The molecule has 0 N–H and O–H groups in total. The Morgan fingerprint density at radius 2 is 1.93 bits per heavy atom. The number of hydrogen-bond acceptors (Lipinski definition) is 6. The molecule has 1 aliphatic heterocycles. The van der Waals surface area contributed by atoms with E-state index >= 15 is 0 Å². The van der Waals surface area contributed by atoms with Crippen LogP contribution in [-0.2, 0) is 4.79 Å².